The van der Waals surface area contributed by atoms with Crippen LogP contribution in [0.4, 0.5) is 5.95 Å². The third-order valence-corrected chi connectivity index (χ3v) is 1.93. The topological polar surface area (TPSA) is 57.8 Å². The molecule has 1 amide bonds. The Kier molecular flexibility index (Phi) is 1.81. The number of nitrogens with one attached hydrogen (secondary N) is 2. The Morgan fingerprint density at radius 1 is 1.75 bits per heavy atom. The number of imidazole rings is 1. The average molecular weight is 165 g/mol. The van der Waals surface area contributed by atoms with E-state index in [0.717, 1.165) is 0 Å². The fourth-order valence-electron chi connectivity index (χ4n) is 1.10. The number of amides is 1. The third kappa shape index (κ3) is 1.84. The molecule has 2 rings (SSSR count). The first-order valence-corrected chi connectivity index (χ1v) is 4.14. The van der Waals surface area contributed by atoms with Gasteiger partial charge < -0.3 is 4.98 Å². The number of aromatic amines is 1. The Morgan fingerprint density at radius 2 is 2.58 bits per heavy atom. The molecule has 1 saturated carbocycles. The molecule has 0 unspecified atom stereocenters. The van der Waals surface area contributed by atoms with Gasteiger partial charge in [0.1, 0.15) is 0 Å². The van der Waals surface area contributed by atoms with E-state index in [-0.39, 0.29) is 5.91 Å². The van der Waals surface area contributed by atoms with Gasteiger partial charge in [0.15, 0.2) is 0 Å². The van der Waals surface area contributed by atoms with E-state index in [1.54, 1.807) is 12.4 Å². The zero-order valence-corrected chi connectivity index (χ0v) is 6.71. The minimum Gasteiger partial charge on any atom is -0.331 e. The van der Waals surface area contributed by atoms with Gasteiger partial charge in [-0.15, -0.1) is 0 Å². The van der Waals surface area contributed by atoms with Crippen LogP contribution in [0, 0.1) is 5.92 Å². The summed E-state index contributed by atoms with van der Waals surface area (Å²) in [6.07, 6.45) is 6.34. The average Bonchev–Trinajstić information content (AvgIpc) is 2.66. The number of H-pyrrole nitrogens is 1. The molecule has 0 saturated heterocycles. The Balaban J connectivity index is 1.82. The van der Waals surface area contributed by atoms with Crippen molar-refractivity contribution in [3.63, 3.8) is 0 Å². The molecular weight excluding hydrogens is 154 g/mol. The van der Waals surface area contributed by atoms with E-state index in [1.807, 2.05) is 0 Å². The molecule has 0 spiro atoms. The summed E-state index contributed by atoms with van der Waals surface area (Å²) in [7, 11) is 0. The summed E-state index contributed by atoms with van der Waals surface area (Å²) in [5.74, 6) is 1.23. The largest absolute Gasteiger partial charge is 0.331 e. The van der Waals surface area contributed by atoms with Crippen molar-refractivity contribution in [1.29, 1.82) is 0 Å². The number of carbonyl (C=O) groups is 1. The Hall–Kier alpha value is -1.32. The highest BCUT2D eigenvalue weighted by Gasteiger charge is 2.24. The molecule has 1 aliphatic rings. The van der Waals surface area contributed by atoms with E-state index in [0.29, 0.717) is 18.3 Å². The van der Waals surface area contributed by atoms with Crippen LogP contribution in [0.15, 0.2) is 12.4 Å². The Morgan fingerprint density at radius 3 is 3.17 bits per heavy atom. The lowest BCUT2D eigenvalue weighted by atomic mass is 10.3. The first kappa shape index (κ1) is 7.34. The van der Waals surface area contributed by atoms with Gasteiger partial charge in [-0.3, -0.25) is 10.1 Å². The summed E-state index contributed by atoms with van der Waals surface area (Å²) in [6, 6.07) is 0. The molecule has 0 radical (unpaired) electrons. The predicted molar refractivity (Wildman–Crippen MR) is 44.6 cm³/mol. The molecule has 0 aromatic carbocycles. The van der Waals surface area contributed by atoms with E-state index in [9.17, 15) is 4.79 Å². The number of hydrogen-bond acceptors (Lipinski definition) is 2. The van der Waals surface area contributed by atoms with Crippen LogP contribution < -0.4 is 5.32 Å². The fraction of sp³-hybridized carbons (Fsp3) is 0.500. The molecule has 0 aliphatic heterocycles. The fourth-order valence-corrected chi connectivity index (χ4v) is 1.10. The zero-order valence-electron chi connectivity index (χ0n) is 6.71. The molecular formula is C8H11N3O. The lowest BCUT2D eigenvalue weighted by molar-refractivity contribution is -0.116. The first-order chi connectivity index (χ1) is 5.84. The van der Waals surface area contributed by atoms with Gasteiger partial charge in [0.05, 0.1) is 0 Å². The van der Waals surface area contributed by atoms with Crippen molar-refractivity contribution in [3.8, 4) is 0 Å². The number of aromatic nitrogens is 2. The van der Waals surface area contributed by atoms with E-state index in [2.05, 4.69) is 15.3 Å². The quantitative estimate of drug-likeness (QED) is 0.705. The van der Waals surface area contributed by atoms with Gasteiger partial charge in [0.25, 0.3) is 0 Å². The van der Waals surface area contributed by atoms with Gasteiger partial charge in [-0.2, -0.15) is 0 Å². The molecule has 1 heterocycles. The van der Waals surface area contributed by atoms with E-state index < -0.39 is 0 Å². The van der Waals surface area contributed by atoms with Crippen molar-refractivity contribution >= 4 is 11.9 Å². The molecule has 12 heavy (non-hydrogen) atoms. The summed E-state index contributed by atoms with van der Waals surface area (Å²) in [6.45, 7) is 0. The van der Waals surface area contributed by atoms with Crippen molar-refractivity contribution in [2.24, 2.45) is 5.92 Å². The van der Waals surface area contributed by atoms with Crippen LogP contribution in [-0.4, -0.2) is 15.9 Å². The second kappa shape index (κ2) is 2.97. The second-order valence-corrected chi connectivity index (χ2v) is 3.13. The van der Waals surface area contributed by atoms with Gasteiger partial charge in [-0.25, -0.2) is 4.98 Å². The molecule has 1 aliphatic carbocycles. The van der Waals surface area contributed by atoms with Crippen molar-refractivity contribution in [2.45, 2.75) is 19.3 Å². The lowest BCUT2D eigenvalue weighted by Gasteiger charge is -1.98. The van der Waals surface area contributed by atoms with Crippen LogP contribution in [0.5, 0.6) is 0 Å². The highest BCUT2D eigenvalue weighted by Crippen LogP contribution is 2.32. The van der Waals surface area contributed by atoms with Gasteiger partial charge in [0.2, 0.25) is 11.9 Å². The highest BCUT2D eigenvalue weighted by atomic mass is 16.1. The van der Waals surface area contributed by atoms with Gasteiger partial charge in [-0.05, 0) is 18.8 Å². The van der Waals surface area contributed by atoms with Gasteiger partial charge in [-0.1, -0.05) is 0 Å². The molecule has 2 N–H and O–H groups in total. The lowest BCUT2D eigenvalue weighted by Crippen LogP contribution is -2.12. The van der Waals surface area contributed by atoms with E-state index >= 15 is 0 Å². The molecule has 4 heteroatoms. The summed E-state index contributed by atoms with van der Waals surface area (Å²) < 4.78 is 0. The van der Waals surface area contributed by atoms with Crippen molar-refractivity contribution in [3.05, 3.63) is 12.4 Å². The van der Waals surface area contributed by atoms with E-state index in [4.69, 9.17) is 0 Å². The Bertz CT molecular complexity index is 264. The minimum atomic E-state index is 0.0625. The van der Waals surface area contributed by atoms with E-state index in [1.165, 1.54) is 12.8 Å². The summed E-state index contributed by atoms with van der Waals surface area (Å²) in [5.41, 5.74) is 0. The van der Waals surface area contributed by atoms with Crippen LogP contribution in [0.3, 0.4) is 0 Å². The molecule has 1 aromatic rings. The highest BCUT2D eigenvalue weighted by molar-refractivity contribution is 5.89. The minimum absolute atomic E-state index is 0.0625. The van der Waals surface area contributed by atoms with Crippen LogP contribution in [0.2, 0.25) is 0 Å². The number of rotatable bonds is 3. The summed E-state index contributed by atoms with van der Waals surface area (Å²) in [5, 5.41) is 2.69. The third-order valence-electron chi connectivity index (χ3n) is 1.93. The zero-order chi connectivity index (χ0) is 8.39. The maximum atomic E-state index is 11.2. The van der Waals surface area contributed by atoms with Gasteiger partial charge >= 0.3 is 0 Å². The molecule has 0 bridgehead atoms. The number of nitrogens with zero attached hydrogens (tertiary/aromatic N) is 1. The number of hydrogen-bond donors (Lipinski definition) is 2. The SMILES string of the molecule is O=C(CC1CC1)Nc1ncc[nH]1. The maximum absolute atomic E-state index is 11.2. The molecule has 4 nitrogen and oxygen atoms in total. The Labute approximate surface area is 70.4 Å². The smallest absolute Gasteiger partial charge is 0.226 e. The molecule has 64 valence electrons. The predicted octanol–water partition coefficient (Wildman–Crippen LogP) is 1.15. The number of anilines is 1. The standard InChI is InChI=1S/C8H11N3O/c12-7(5-6-1-2-6)11-8-9-3-4-10-8/h3-4,6H,1-2,5H2,(H2,9,10,11,12). The maximum Gasteiger partial charge on any atom is 0.226 e. The first-order valence-electron chi connectivity index (χ1n) is 4.14. The molecule has 1 aromatic heterocycles. The second-order valence-electron chi connectivity index (χ2n) is 3.13. The van der Waals surface area contributed by atoms with Crippen molar-refractivity contribution in [1.82, 2.24) is 9.97 Å². The van der Waals surface area contributed by atoms with Crippen LogP contribution in [0.25, 0.3) is 0 Å². The van der Waals surface area contributed by atoms with Crippen LogP contribution in [0.1, 0.15) is 19.3 Å². The van der Waals surface area contributed by atoms with Crippen LogP contribution >= 0.6 is 0 Å². The van der Waals surface area contributed by atoms with Crippen LogP contribution in [-0.2, 0) is 4.79 Å². The summed E-state index contributed by atoms with van der Waals surface area (Å²) >= 11 is 0. The van der Waals surface area contributed by atoms with Crippen molar-refractivity contribution in [2.75, 3.05) is 5.32 Å². The summed E-state index contributed by atoms with van der Waals surface area (Å²) in [4.78, 5) is 17.9. The van der Waals surface area contributed by atoms with Crippen molar-refractivity contribution < 1.29 is 4.79 Å². The molecule has 1 fully saturated rings. The monoisotopic (exact) mass is 165 g/mol. The molecule has 0 atom stereocenters. The number of carbonyl (C=O) groups excluding carboxylic acids is 1. The van der Waals surface area contributed by atoms with Gasteiger partial charge in [0, 0.05) is 18.8 Å². The normalized spacial score (nSPS) is 16.0.